The minimum Gasteiger partial charge on any atom is -0.336 e. The van der Waals surface area contributed by atoms with Gasteiger partial charge in [0.25, 0.3) is 0 Å². The van der Waals surface area contributed by atoms with Gasteiger partial charge in [0.2, 0.25) is 5.91 Å². The average molecular weight is 267 g/mol. The highest BCUT2D eigenvalue weighted by Gasteiger charge is 2.51. The monoisotopic (exact) mass is 267 g/mol. The van der Waals surface area contributed by atoms with Gasteiger partial charge in [0.15, 0.2) is 0 Å². The fourth-order valence-corrected chi connectivity index (χ4v) is 2.87. The van der Waals surface area contributed by atoms with Crippen molar-refractivity contribution in [3.8, 4) is 0 Å². The van der Waals surface area contributed by atoms with Crippen LogP contribution < -0.4 is 0 Å². The lowest BCUT2D eigenvalue weighted by Crippen LogP contribution is -2.66. The number of carbonyl (C=O) groups is 2. The molecule has 0 N–H and O–H groups in total. The first-order valence-electron chi connectivity index (χ1n) is 7.18. The van der Waals surface area contributed by atoms with E-state index in [1.165, 1.54) is 0 Å². The number of likely N-dealkylation sites (tertiary alicyclic amines) is 2. The Hall–Kier alpha value is -1.26. The molecule has 0 spiro atoms. The first-order valence-corrected chi connectivity index (χ1v) is 7.18. The predicted molar refractivity (Wildman–Crippen MR) is 73.7 cm³/mol. The van der Waals surface area contributed by atoms with Crippen LogP contribution in [0.25, 0.3) is 0 Å². The van der Waals surface area contributed by atoms with Gasteiger partial charge in [-0.25, -0.2) is 4.79 Å². The Labute approximate surface area is 115 Å². The van der Waals surface area contributed by atoms with Gasteiger partial charge in [0, 0.05) is 32.1 Å². The van der Waals surface area contributed by atoms with Gasteiger partial charge in [0.1, 0.15) is 0 Å². The largest absolute Gasteiger partial charge is 0.336 e. The first kappa shape index (κ1) is 14.2. The number of amides is 3. The molecule has 2 rings (SSSR count). The number of rotatable bonds is 2. The lowest BCUT2D eigenvalue weighted by atomic mass is 9.97. The Kier molecular flexibility index (Phi) is 3.74. The summed E-state index contributed by atoms with van der Waals surface area (Å²) in [5, 5.41) is 0. The van der Waals surface area contributed by atoms with Crippen LogP contribution in [0.15, 0.2) is 0 Å². The molecule has 5 nitrogen and oxygen atoms in total. The van der Waals surface area contributed by atoms with Crippen molar-refractivity contribution in [2.45, 2.75) is 52.2 Å². The number of hydrogen-bond acceptors (Lipinski definition) is 2. The van der Waals surface area contributed by atoms with E-state index in [-0.39, 0.29) is 36.0 Å². The Morgan fingerprint density at radius 1 is 1.11 bits per heavy atom. The molecule has 2 aliphatic rings. The topological polar surface area (TPSA) is 43.9 Å². The molecule has 5 heteroatoms. The Morgan fingerprint density at radius 2 is 1.74 bits per heavy atom. The van der Waals surface area contributed by atoms with Crippen molar-refractivity contribution in [2.24, 2.45) is 5.92 Å². The molecule has 3 amide bonds. The van der Waals surface area contributed by atoms with E-state index in [2.05, 4.69) is 0 Å². The molecule has 2 atom stereocenters. The van der Waals surface area contributed by atoms with E-state index in [0.717, 1.165) is 13.0 Å². The van der Waals surface area contributed by atoms with Gasteiger partial charge in [-0.1, -0.05) is 13.8 Å². The van der Waals surface area contributed by atoms with Crippen LogP contribution in [-0.2, 0) is 4.79 Å². The van der Waals surface area contributed by atoms with Crippen molar-refractivity contribution in [1.29, 1.82) is 0 Å². The van der Waals surface area contributed by atoms with Crippen LogP contribution in [0.2, 0.25) is 0 Å². The molecule has 0 radical (unpaired) electrons. The molecule has 0 bridgehead atoms. The summed E-state index contributed by atoms with van der Waals surface area (Å²) >= 11 is 0. The SMILES string of the molecule is CC(C)C(=O)N1CCC2C1CN2C(=O)N(C)C(C)C. The number of fused-ring (bicyclic) bond motifs is 1. The molecule has 0 aromatic heterocycles. The first-order chi connectivity index (χ1) is 8.84. The molecular formula is C14H25N3O2. The van der Waals surface area contributed by atoms with Crippen molar-refractivity contribution in [1.82, 2.24) is 14.7 Å². The number of carbonyl (C=O) groups excluding carboxylic acids is 2. The van der Waals surface area contributed by atoms with Gasteiger partial charge in [-0.2, -0.15) is 0 Å². The standard InChI is InChI=1S/C14H25N3O2/c1-9(2)13(18)16-7-6-11-12(16)8-17(11)14(19)15(5)10(3)4/h9-12H,6-8H2,1-5H3. The highest BCUT2D eigenvalue weighted by Crippen LogP contribution is 2.34. The predicted octanol–water partition coefficient (Wildman–Crippen LogP) is 1.39. The summed E-state index contributed by atoms with van der Waals surface area (Å²) < 4.78 is 0. The lowest BCUT2D eigenvalue weighted by molar-refractivity contribution is -0.138. The molecular weight excluding hydrogens is 242 g/mol. The minimum atomic E-state index is 0.0434. The Morgan fingerprint density at radius 3 is 2.26 bits per heavy atom. The zero-order chi connectivity index (χ0) is 14.3. The van der Waals surface area contributed by atoms with E-state index < -0.39 is 0 Å². The summed E-state index contributed by atoms with van der Waals surface area (Å²) in [6, 6.07) is 0.785. The number of hydrogen-bond donors (Lipinski definition) is 0. The fourth-order valence-electron chi connectivity index (χ4n) is 2.87. The van der Waals surface area contributed by atoms with Crippen LogP contribution in [0, 0.1) is 5.92 Å². The Balaban J connectivity index is 1.97. The normalized spacial score (nSPS) is 25.6. The summed E-state index contributed by atoms with van der Waals surface area (Å²) in [6.07, 6.45) is 0.917. The maximum absolute atomic E-state index is 12.3. The molecule has 2 fully saturated rings. The third-order valence-corrected chi connectivity index (χ3v) is 4.39. The van der Waals surface area contributed by atoms with E-state index in [9.17, 15) is 9.59 Å². The van der Waals surface area contributed by atoms with Gasteiger partial charge in [-0.05, 0) is 20.3 Å². The molecule has 0 aromatic carbocycles. The van der Waals surface area contributed by atoms with Crippen molar-refractivity contribution in [3.05, 3.63) is 0 Å². The van der Waals surface area contributed by atoms with Gasteiger partial charge < -0.3 is 14.7 Å². The molecule has 19 heavy (non-hydrogen) atoms. The number of urea groups is 1. The fraction of sp³-hybridized carbons (Fsp3) is 0.857. The molecule has 2 unspecified atom stereocenters. The molecule has 0 saturated carbocycles. The quantitative estimate of drug-likeness (QED) is 0.759. The van der Waals surface area contributed by atoms with Crippen molar-refractivity contribution in [3.63, 3.8) is 0 Å². The summed E-state index contributed by atoms with van der Waals surface area (Å²) in [4.78, 5) is 30.0. The van der Waals surface area contributed by atoms with Gasteiger partial charge in [0.05, 0.1) is 12.1 Å². The number of nitrogens with zero attached hydrogens (tertiary/aromatic N) is 3. The maximum atomic E-state index is 12.3. The zero-order valence-electron chi connectivity index (χ0n) is 12.6. The Bertz CT molecular complexity index is 381. The molecule has 2 aliphatic heterocycles. The summed E-state index contributed by atoms with van der Waals surface area (Å²) in [5.74, 6) is 0.263. The average Bonchev–Trinajstić information content (AvgIpc) is 2.64. The van der Waals surface area contributed by atoms with E-state index in [1.54, 1.807) is 4.90 Å². The molecule has 2 heterocycles. The van der Waals surface area contributed by atoms with Crippen LogP contribution in [0.4, 0.5) is 4.79 Å². The minimum absolute atomic E-state index is 0.0434. The molecule has 0 aromatic rings. The van der Waals surface area contributed by atoms with Crippen molar-refractivity contribution in [2.75, 3.05) is 20.1 Å². The maximum Gasteiger partial charge on any atom is 0.320 e. The second-order valence-corrected chi connectivity index (χ2v) is 6.25. The second-order valence-electron chi connectivity index (χ2n) is 6.25. The van der Waals surface area contributed by atoms with Crippen LogP contribution in [0.5, 0.6) is 0 Å². The van der Waals surface area contributed by atoms with Gasteiger partial charge >= 0.3 is 6.03 Å². The zero-order valence-corrected chi connectivity index (χ0v) is 12.6. The van der Waals surface area contributed by atoms with Crippen LogP contribution >= 0.6 is 0 Å². The summed E-state index contributed by atoms with van der Waals surface area (Å²) in [5.41, 5.74) is 0. The van der Waals surface area contributed by atoms with Crippen LogP contribution in [-0.4, -0.2) is 64.9 Å². The van der Waals surface area contributed by atoms with E-state index >= 15 is 0 Å². The van der Waals surface area contributed by atoms with E-state index in [0.29, 0.717) is 6.54 Å². The lowest BCUT2D eigenvalue weighted by Gasteiger charge is -2.48. The van der Waals surface area contributed by atoms with Crippen molar-refractivity contribution < 1.29 is 9.59 Å². The van der Waals surface area contributed by atoms with Crippen LogP contribution in [0.1, 0.15) is 34.1 Å². The molecule has 0 aliphatic carbocycles. The van der Waals surface area contributed by atoms with Crippen LogP contribution in [0.3, 0.4) is 0 Å². The highest BCUT2D eigenvalue weighted by atomic mass is 16.2. The summed E-state index contributed by atoms with van der Waals surface area (Å²) in [6.45, 7) is 9.38. The smallest absolute Gasteiger partial charge is 0.320 e. The third-order valence-electron chi connectivity index (χ3n) is 4.39. The van der Waals surface area contributed by atoms with Gasteiger partial charge in [-0.15, -0.1) is 0 Å². The van der Waals surface area contributed by atoms with E-state index in [4.69, 9.17) is 0 Å². The second kappa shape index (κ2) is 5.02. The van der Waals surface area contributed by atoms with Gasteiger partial charge in [-0.3, -0.25) is 4.79 Å². The molecule has 108 valence electrons. The van der Waals surface area contributed by atoms with Crippen molar-refractivity contribution >= 4 is 11.9 Å². The highest BCUT2D eigenvalue weighted by molar-refractivity contribution is 5.81. The molecule has 2 saturated heterocycles. The van der Waals surface area contributed by atoms with E-state index in [1.807, 2.05) is 44.5 Å². The summed E-state index contributed by atoms with van der Waals surface area (Å²) in [7, 11) is 1.84. The third kappa shape index (κ3) is 2.30.